The molecule has 0 aliphatic carbocycles. The third kappa shape index (κ3) is 1.80. The summed E-state index contributed by atoms with van der Waals surface area (Å²) < 4.78 is 0. The lowest BCUT2D eigenvalue weighted by Crippen LogP contribution is -2.54. The predicted octanol–water partition coefficient (Wildman–Crippen LogP) is 1.60. The summed E-state index contributed by atoms with van der Waals surface area (Å²) in [5.74, 6) is 0. The summed E-state index contributed by atoms with van der Waals surface area (Å²) in [7, 11) is 0. The van der Waals surface area contributed by atoms with Crippen molar-refractivity contribution in [3.63, 3.8) is 0 Å². The van der Waals surface area contributed by atoms with Gasteiger partial charge in [0.05, 0.1) is 0 Å². The summed E-state index contributed by atoms with van der Waals surface area (Å²) in [6, 6.07) is 0.315. The van der Waals surface area contributed by atoms with Crippen molar-refractivity contribution < 1.29 is 0 Å². The van der Waals surface area contributed by atoms with Gasteiger partial charge < -0.3 is 5.73 Å². The van der Waals surface area contributed by atoms with Crippen LogP contribution < -0.4 is 5.73 Å². The Labute approximate surface area is 76.1 Å². The number of hydrogen-bond acceptors (Lipinski definition) is 2. The summed E-state index contributed by atoms with van der Waals surface area (Å²) >= 11 is 0. The minimum atomic E-state index is 0.200. The topological polar surface area (TPSA) is 29.3 Å². The molecule has 1 saturated heterocycles. The van der Waals surface area contributed by atoms with Gasteiger partial charge >= 0.3 is 0 Å². The number of nitrogens with zero attached hydrogens (tertiary/aromatic N) is 1. The molecule has 2 heteroatoms. The zero-order valence-corrected chi connectivity index (χ0v) is 8.64. The third-order valence-corrected chi connectivity index (χ3v) is 3.27. The monoisotopic (exact) mass is 170 g/mol. The number of nitrogens with two attached hydrogens (primary N) is 1. The van der Waals surface area contributed by atoms with Gasteiger partial charge in [-0.05, 0) is 46.2 Å². The van der Waals surface area contributed by atoms with Gasteiger partial charge in [0.25, 0.3) is 0 Å². The maximum atomic E-state index is 6.09. The van der Waals surface area contributed by atoms with Crippen molar-refractivity contribution in [1.29, 1.82) is 0 Å². The van der Waals surface area contributed by atoms with E-state index in [-0.39, 0.29) is 5.54 Å². The molecule has 0 saturated carbocycles. The Hall–Kier alpha value is -0.0800. The van der Waals surface area contributed by atoms with Crippen LogP contribution in [0.3, 0.4) is 0 Å². The van der Waals surface area contributed by atoms with Gasteiger partial charge in [-0.3, -0.25) is 4.90 Å². The zero-order chi connectivity index (χ0) is 9.19. The van der Waals surface area contributed by atoms with E-state index in [1.807, 2.05) is 0 Å². The predicted molar refractivity (Wildman–Crippen MR) is 53.2 cm³/mol. The fraction of sp³-hybridized carbons (Fsp3) is 1.00. The first kappa shape index (κ1) is 10.0. The van der Waals surface area contributed by atoms with Crippen molar-refractivity contribution >= 4 is 0 Å². The first-order valence-corrected chi connectivity index (χ1v) is 5.09. The van der Waals surface area contributed by atoms with Crippen LogP contribution in [-0.4, -0.2) is 29.6 Å². The van der Waals surface area contributed by atoms with E-state index in [1.165, 1.54) is 25.9 Å². The Kier molecular flexibility index (Phi) is 3.13. The lowest BCUT2D eigenvalue weighted by Gasteiger charge is -2.40. The van der Waals surface area contributed by atoms with E-state index in [2.05, 4.69) is 25.7 Å². The number of rotatable bonds is 3. The molecule has 1 fully saturated rings. The molecular weight excluding hydrogens is 148 g/mol. The van der Waals surface area contributed by atoms with E-state index in [9.17, 15) is 0 Å². The average Bonchev–Trinajstić information content (AvgIpc) is 2.55. The number of likely N-dealkylation sites (tertiary alicyclic amines) is 1. The second kappa shape index (κ2) is 3.75. The van der Waals surface area contributed by atoms with E-state index < -0.39 is 0 Å². The average molecular weight is 170 g/mol. The van der Waals surface area contributed by atoms with Crippen LogP contribution in [0.15, 0.2) is 0 Å². The van der Waals surface area contributed by atoms with Gasteiger partial charge in [-0.2, -0.15) is 0 Å². The second-order valence-corrected chi connectivity index (χ2v) is 4.36. The van der Waals surface area contributed by atoms with Crippen molar-refractivity contribution in [1.82, 2.24) is 4.90 Å². The van der Waals surface area contributed by atoms with Crippen molar-refractivity contribution in [2.24, 2.45) is 5.73 Å². The van der Waals surface area contributed by atoms with Crippen molar-refractivity contribution in [2.75, 3.05) is 13.1 Å². The molecular formula is C10H22N2. The Balaban J connectivity index is 2.56. The summed E-state index contributed by atoms with van der Waals surface area (Å²) in [4.78, 5) is 2.53. The lowest BCUT2D eigenvalue weighted by atomic mass is 9.91. The molecule has 2 N–H and O–H groups in total. The molecule has 1 atom stereocenters. The Morgan fingerprint density at radius 3 is 2.25 bits per heavy atom. The summed E-state index contributed by atoms with van der Waals surface area (Å²) in [5.41, 5.74) is 6.29. The van der Waals surface area contributed by atoms with Gasteiger partial charge in [0.2, 0.25) is 0 Å². The van der Waals surface area contributed by atoms with E-state index in [0.29, 0.717) is 6.04 Å². The van der Waals surface area contributed by atoms with Crippen LogP contribution in [0.4, 0.5) is 0 Å². The van der Waals surface area contributed by atoms with E-state index in [1.54, 1.807) is 0 Å². The molecule has 0 aromatic heterocycles. The molecule has 0 bridgehead atoms. The van der Waals surface area contributed by atoms with Crippen LogP contribution in [0.5, 0.6) is 0 Å². The van der Waals surface area contributed by atoms with Crippen LogP contribution in [-0.2, 0) is 0 Å². The lowest BCUT2D eigenvalue weighted by molar-refractivity contribution is 0.122. The molecule has 0 radical (unpaired) electrons. The largest absolute Gasteiger partial charge is 0.326 e. The van der Waals surface area contributed by atoms with Gasteiger partial charge in [0.1, 0.15) is 0 Å². The maximum Gasteiger partial charge on any atom is 0.0304 e. The van der Waals surface area contributed by atoms with E-state index in [0.717, 1.165) is 6.42 Å². The van der Waals surface area contributed by atoms with Crippen LogP contribution in [0.25, 0.3) is 0 Å². The maximum absolute atomic E-state index is 6.09. The molecule has 1 rings (SSSR count). The molecule has 2 nitrogen and oxygen atoms in total. The van der Waals surface area contributed by atoms with E-state index in [4.69, 9.17) is 5.73 Å². The van der Waals surface area contributed by atoms with Gasteiger partial charge in [0.15, 0.2) is 0 Å². The first-order valence-electron chi connectivity index (χ1n) is 5.09. The molecule has 0 aromatic carbocycles. The molecule has 1 unspecified atom stereocenters. The molecule has 1 aliphatic heterocycles. The van der Waals surface area contributed by atoms with Gasteiger partial charge in [-0.15, -0.1) is 0 Å². The van der Waals surface area contributed by atoms with E-state index >= 15 is 0 Å². The fourth-order valence-corrected chi connectivity index (χ4v) is 2.03. The highest BCUT2D eigenvalue weighted by molar-refractivity contribution is 4.92. The van der Waals surface area contributed by atoms with Crippen LogP contribution in [0.1, 0.15) is 40.0 Å². The van der Waals surface area contributed by atoms with Crippen molar-refractivity contribution in [2.45, 2.75) is 51.6 Å². The standard InChI is InChI=1S/C10H22N2/c1-4-9(11)10(2,3)12-7-5-6-8-12/h9H,4-8,11H2,1-3H3. The quantitative estimate of drug-likeness (QED) is 0.697. The van der Waals surface area contributed by atoms with Crippen LogP contribution in [0, 0.1) is 0 Å². The highest BCUT2D eigenvalue weighted by atomic mass is 15.2. The normalized spacial score (nSPS) is 23.0. The number of hydrogen-bond donors (Lipinski definition) is 1. The molecule has 1 aliphatic rings. The SMILES string of the molecule is CCC(N)C(C)(C)N1CCCC1. The molecule has 0 aromatic rings. The molecule has 12 heavy (non-hydrogen) atoms. The first-order chi connectivity index (χ1) is 5.59. The van der Waals surface area contributed by atoms with Gasteiger partial charge in [-0.1, -0.05) is 6.92 Å². The van der Waals surface area contributed by atoms with Gasteiger partial charge in [-0.25, -0.2) is 0 Å². The Morgan fingerprint density at radius 2 is 1.83 bits per heavy atom. The molecule has 1 heterocycles. The zero-order valence-electron chi connectivity index (χ0n) is 8.64. The molecule has 72 valence electrons. The van der Waals surface area contributed by atoms with Crippen LogP contribution >= 0.6 is 0 Å². The fourth-order valence-electron chi connectivity index (χ4n) is 2.03. The third-order valence-electron chi connectivity index (χ3n) is 3.27. The highest BCUT2D eigenvalue weighted by Crippen LogP contribution is 2.24. The van der Waals surface area contributed by atoms with Gasteiger partial charge in [0, 0.05) is 11.6 Å². The Bertz CT molecular complexity index is 137. The van der Waals surface area contributed by atoms with Crippen molar-refractivity contribution in [3.05, 3.63) is 0 Å². The summed E-state index contributed by atoms with van der Waals surface area (Å²) in [6.07, 6.45) is 3.77. The summed E-state index contributed by atoms with van der Waals surface area (Å²) in [6.45, 7) is 9.18. The van der Waals surface area contributed by atoms with Crippen molar-refractivity contribution in [3.8, 4) is 0 Å². The smallest absolute Gasteiger partial charge is 0.0304 e. The van der Waals surface area contributed by atoms with Crippen LogP contribution in [0.2, 0.25) is 0 Å². The second-order valence-electron chi connectivity index (χ2n) is 4.36. The molecule has 0 spiro atoms. The highest BCUT2D eigenvalue weighted by Gasteiger charge is 2.33. The summed E-state index contributed by atoms with van der Waals surface area (Å²) in [5, 5.41) is 0. The Morgan fingerprint density at radius 1 is 1.33 bits per heavy atom. The molecule has 0 amide bonds. The minimum Gasteiger partial charge on any atom is -0.326 e. The minimum absolute atomic E-state index is 0.200.